The summed E-state index contributed by atoms with van der Waals surface area (Å²) in [6, 6.07) is 11.1. The molecular formula is C25H29FN4O3S2. The lowest BCUT2D eigenvalue weighted by molar-refractivity contribution is -0.137. The Bertz CT molecular complexity index is 1320. The number of fused-ring (bicyclic) bond motifs is 1. The van der Waals surface area contributed by atoms with E-state index in [9.17, 15) is 17.6 Å². The molecule has 0 saturated carbocycles. The first kappa shape index (κ1) is 24.1. The maximum atomic E-state index is 13.3. The first-order valence-electron chi connectivity index (χ1n) is 12.0. The van der Waals surface area contributed by atoms with Gasteiger partial charge >= 0.3 is 0 Å². The molecule has 2 aromatic carbocycles. The van der Waals surface area contributed by atoms with Crippen molar-refractivity contribution in [1.82, 2.24) is 14.2 Å². The van der Waals surface area contributed by atoms with Gasteiger partial charge in [0.15, 0.2) is 5.13 Å². The number of aromatic nitrogens is 1. The number of carbonyl (C=O) groups excluding carboxylic acids is 1. The summed E-state index contributed by atoms with van der Waals surface area (Å²) in [5.74, 6) is -0.826. The second-order valence-corrected chi connectivity index (χ2v) is 12.0. The van der Waals surface area contributed by atoms with E-state index in [-0.39, 0.29) is 23.3 Å². The minimum Gasteiger partial charge on any atom is -0.345 e. The van der Waals surface area contributed by atoms with E-state index < -0.39 is 15.8 Å². The second kappa shape index (κ2) is 9.83. The maximum Gasteiger partial charge on any atom is 0.243 e. The van der Waals surface area contributed by atoms with Gasteiger partial charge in [-0.1, -0.05) is 30.4 Å². The monoisotopic (exact) mass is 516 g/mol. The van der Waals surface area contributed by atoms with Crippen LogP contribution in [0.1, 0.15) is 25.3 Å². The highest BCUT2D eigenvalue weighted by atomic mass is 32.2. The van der Waals surface area contributed by atoms with Gasteiger partial charge in [0.1, 0.15) is 5.82 Å². The van der Waals surface area contributed by atoms with Gasteiger partial charge in [-0.3, -0.25) is 4.79 Å². The number of benzene rings is 2. The number of carbonyl (C=O) groups is 1. The fourth-order valence-electron chi connectivity index (χ4n) is 4.91. The third kappa shape index (κ3) is 4.79. The number of rotatable bonds is 5. The molecule has 0 aliphatic carbocycles. The van der Waals surface area contributed by atoms with Crippen LogP contribution < -0.4 is 4.90 Å². The number of nitrogens with zero attached hydrogens (tertiary/aromatic N) is 4. The lowest BCUT2D eigenvalue weighted by Gasteiger charge is -2.38. The number of anilines is 1. The van der Waals surface area contributed by atoms with Crippen LogP contribution >= 0.6 is 11.3 Å². The fraction of sp³-hybridized carbons (Fsp3) is 0.440. The highest BCUT2D eigenvalue weighted by molar-refractivity contribution is 7.89. The minimum absolute atomic E-state index is 0.0150. The van der Waals surface area contributed by atoms with Crippen molar-refractivity contribution in [2.24, 2.45) is 5.92 Å². The van der Waals surface area contributed by atoms with Crippen LogP contribution in [-0.2, 0) is 21.2 Å². The molecule has 10 heteroatoms. The molecule has 2 saturated heterocycles. The van der Waals surface area contributed by atoms with Crippen LogP contribution in [0.15, 0.2) is 47.4 Å². The highest BCUT2D eigenvalue weighted by Gasteiger charge is 2.36. The van der Waals surface area contributed by atoms with Crippen molar-refractivity contribution in [3.63, 3.8) is 0 Å². The first-order valence-corrected chi connectivity index (χ1v) is 14.3. The van der Waals surface area contributed by atoms with Crippen molar-refractivity contribution in [2.45, 2.75) is 31.1 Å². The van der Waals surface area contributed by atoms with E-state index in [4.69, 9.17) is 4.98 Å². The number of sulfonamides is 1. The second-order valence-electron chi connectivity index (χ2n) is 9.08. The molecule has 0 bridgehead atoms. The smallest absolute Gasteiger partial charge is 0.243 e. The predicted octanol–water partition coefficient (Wildman–Crippen LogP) is 3.75. The molecule has 1 amide bonds. The summed E-state index contributed by atoms with van der Waals surface area (Å²) >= 11 is 1.69. The van der Waals surface area contributed by atoms with E-state index in [0.717, 1.165) is 29.2 Å². The molecule has 3 heterocycles. The van der Waals surface area contributed by atoms with Crippen LogP contribution in [0.5, 0.6) is 0 Å². The van der Waals surface area contributed by atoms with Crippen LogP contribution in [0.4, 0.5) is 9.52 Å². The van der Waals surface area contributed by atoms with E-state index in [2.05, 4.69) is 30.0 Å². The quantitative estimate of drug-likeness (QED) is 0.517. The Balaban J connectivity index is 1.22. The normalized spacial score (nSPS) is 19.9. The van der Waals surface area contributed by atoms with E-state index >= 15 is 0 Å². The summed E-state index contributed by atoms with van der Waals surface area (Å²) in [6.07, 6.45) is 2.24. The van der Waals surface area contributed by atoms with Gasteiger partial charge in [0.25, 0.3) is 0 Å². The molecule has 0 radical (unpaired) electrons. The average molecular weight is 517 g/mol. The molecule has 5 rings (SSSR count). The van der Waals surface area contributed by atoms with Crippen molar-refractivity contribution in [3.05, 3.63) is 53.8 Å². The Morgan fingerprint density at radius 1 is 1.09 bits per heavy atom. The van der Waals surface area contributed by atoms with Crippen molar-refractivity contribution in [1.29, 1.82) is 0 Å². The SMILES string of the molecule is CCc1cccc2sc(N3CCN(C(=O)C4CCCN(S(=O)(=O)c5ccc(F)cc5)C4)CC3)nc12. The molecule has 7 nitrogen and oxygen atoms in total. The largest absolute Gasteiger partial charge is 0.345 e. The standard InChI is InChI=1S/C25H29FN4O3S2/c1-2-18-5-3-7-22-23(18)27-25(34-22)29-15-13-28(14-16-29)24(31)19-6-4-12-30(17-19)35(32,33)21-10-8-20(26)9-11-21/h3,5,7-11,19H,2,4,6,12-17H2,1H3. The van der Waals surface area contributed by atoms with E-state index in [1.807, 2.05) is 4.90 Å². The number of para-hydroxylation sites is 1. The number of aryl methyl sites for hydroxylation is 1. The number of amides is 1. The van der Waals surface area contributed by atoms with Crippen LogP contribution in [0, 0.1) is 11.7 Å². The van der Waals surface area contributed by atoms with Gasteiger partial charge in [0.2, 0.25) is 15.9 Å². The zero-order chi connectivity index (χ0) is 24.6. The third-order valence-electron chi connectivity index (χ3n) is 6.92. The fourth-order valence-corrected chi connectivity index (χ4v) is 7.50. The highest BCUT2D eigenvalue weighted by Crippen LogP contribution is 2.32. The number of piperidine rings is 1. The lowest BCUT2D eigenvalue weighted by atomic mass is 9.98. The average Bonchev–Trinajstić information content (AvgIpc) is 3.33. The molecule has 2 aliphatic heterocycles. The summed E-state index contributed by atoms with van der Waals surface area (Å²) < 4.78 is 41.9. The number of piperazine rings is 1. The van der Waals surface area contributed by atoms with E-state index in [1.165, 1.54) is 26.7 Å². The van der Waals surface area contributed by atoms with E-state index in [0.29, 0.717) is 45.6 Å². The summed E-state index contributed by atoms with van der Waals surface area (Å²) in [5, 5.41) is 0.988. The van der Waals surface area contributed by atoms with Gasteiger partial charge in [-0.2, -0.15) is 4.31 Å². The summed E-state index contributed by atoms with van der Waals surface area (Å²) in [4.78, 5) is 22.3. The maximum absolute atomic E-state index is 13.3. The van der Waals surface area contributed by atoms with Crippen molar-refractivity contribution < 1.29 is 17.6 Å². The Kier molecular flexibility index (Phi) is 6.78. The number of hydrogen-bond acceptors (Lipinski definition) is 6. The van der Waals surface area contributed by atoms with Gasteiger partial charge in [-0.25, -0.2) is 17.8 Å². The predicted molar refractivity (Wildman–Crippen MR) is 136 cm³/mol. The van der Waals surface area contributed by atoms with Gasteiger partial charge in [0.05, 0.1) is 21.0 Å². The molecule has 1 aromatic heterocycles. The number of halogens is 1. The van der Waals surface area contributed by atoms with Crippen molar-refractivity contribution in [2.75, 3.05) is 44.2 Å². The Hall–Kier alpha value is -2.56. The van der Waals surface area contributed by atoms with Crippen molar-refractivity contribution >= 4 is 42.6 Å². The van der Waals surface area contributed by atoms with Crippen LogP contribution in [0.2, 0.25) is 0 Å². The zero-order valence-electron chi connectivity index (χ0n) is 19.7. The number of thiazole rings is 1. The Morgan fingerprint density at radius 2 is 1.83 bits per heavy atom. The molecule has 3 aromatic rings. The lowest BCUT2D eigenvalue weighted by Crippen LogP contribution is -2.53. The topological polar surface area (TPSA) is 73.8 Å². The van der Waals surface area contributed by atoms with Crippen LogP contribution in [0.3, 0.4) is 0 Å². The molecule has 1 unspecified atom stereocenters. The minimum atomic E-state index is -3.76. The van der Waals surface area contributed by atoms with Crippen molar-refractivity contribution in [3.8, 4) is 0 Å². The molecule has 2 fully saturated rings. The number of hydrogen-bond donors (Lipinski definition) is 0. The zero-order valence-corrected chi connectivity index (χ0v) is 21.3. The van der Waals surface area contributed by atoms with Gasteiger partial charge < -0.3 is 9.80 Å². The molecule has 1 atom stereocenters. The van der Waals surface area contributed by atoms with E-state index in [1.54, 1.807) is 11.3 Å². The Morgan fingerprint density at radius 3 is 2.54 bits per heavy atom. The van der Waals surface area contributed by atoms with Gasteiger partial charge in [0, 0.05) is 39.3 Å². The van der Waals surface area contributed by atoms with Gasteiger partial charge in [-0.05, 0) is 55.2 Å². The molecule has 0 N–H and O–H groups in total. The Labute approximate surface area is 209 Å². The third-order valence-corrected chi connectivity index (χ3v) is 9.88. The van der Waals surface area contributed by atoms with Gasteiger partial charge in [-0.15, -0.1) is 0 Å². The molecule has 2 aliphatic rings. The summed E-state index contributed by atoms with van der Waals surface area (Å²) in [7, 11) is -3.76. The van der Waals surface area contributed by atoms with Crippen LogP contribution in [-0.4, -0.2) is 67.8 Å². The molecule has 35 heavy (non-hydrogen) atoms. The first-order chi connectivity index (χ1) is 16.9. The molecule has 186 valence electrons. The van der Waals surface area contributed by atoms with Crippen LogP contribution in [0.25, 0.3) is 10.2 Å². The summed E-state index contributed by atoms with van der Waals surface area (Å²) in [5.41, 5.74) is 2.31. The molecular weight excluding hydrogens is 487 g/mol. The summed E-state index contributed by atoms with van der Waals surface area (Å²) in [6.45, 7) is 5.27. The molecule has 0 spiro atoms.